The third-order valence-electron chi connectivity index (χ3n) is 2.81. The van der Waals surface area contributed by atoms with Crippen LogP contribution in [-0.4, -0.2) is 16.6 Å². The summed E-state index contributed by atoms with van der Waals surface area (Å²) in [7, 11) is 0. The molecule has 2 N–H and O–H groups in total. The van der Waals surface area contributed by atoms with Gasteiger partial charge in [0.2, 0.25) is 0 Å². The number of rotatable bonds is 2. The van der Waals surface area contributed by atoms with Gasteiger partial charge in [0.1, 0.15) is 5.60 Å². The normalized spacial score (nSPS) is 25.8. The zero-order valence-corrected chi connectivity index (χ0v) is 9.29. The monoisotopic (exact) mass is 207 g/mol. The Bertz CT molecular complexity index is 359. The van der Waals surface area contributed by atoms with Gasteiger partial charge in [0.15, 0.2) is 5.82 Å². The van der Waals surface area contributed by atoms with Gasteiger partial charge in [0.05, 0.1) is 5.69 Å². The molecular weight excluding hydrogens is 190 g/mol. The quantitative estimate of drug-likeness (QED) is 0.793. The van der Waals surface area contributed by atoms with Crippen LogP contribution >= 0.6 is 0 Å². The molecule has 1 atom stereocenters. The highest BCUT2D eigenvalue weighted by molar-refractivity contribution is 5.14. The lowest BCUT2D eigenvalue weighted by atomic mass is 10.0. The molecule has 4 heteroatoms. The molecule has 0 amide bonds. The van der Waals surface area contributed by atoms with Crippen molar-refractivity contribution in [3.8, 4) is 0 Å². The summed E-state index contributed by atoms with van der Waals surface area (Å²) in [4.78, 5) is 8.89. The summed E-state index contributed by atoms with van der Waals surface area (Å²) in [6, 6.07) is 1.92. The second-order valence-corrected chi connectivity index (χ2v) is 4.21. The zero-order valence-electron chi connectivity index (χ0n) is 9.29. The Balaban J connectivity index is 2.38. The van der Waals surface area contributed by atoms with E-state index in [1.165, 1.54) is 0 Å². The highest BCUT2D eigenvalue weighted by Gasteiger charge is 2.34. The first-order chi connectivity index (χ1) is 7.14. The van der Waals surface area contributed by atoms with Crippen molar-refractivity contribution in [3.05, 3.63) is 23.3 Å². The summed E-state index contributed by atoms with van der Waals surface area (Å²) in [6.45, 7) is 5.26. The molecule has 1 saturated heterocycles. The van der Waals surface area contributed by atoms with E-state index >= 15 is 0 Å². The van der Waals surface area contributed by atoms with Crippen molar-refractivity contribution in [2.45, 2.75) is 38.8 Å². The highest BCUT2D eigenvalue weighted by atomic mass is 16.5. The molecule has 1 aliphatic heterocycles. The van der Waals surface area contributed by atoms with Crippen molar-refractivity contribution in [2.75, 3.05) is 6.61 Å². The molecule has 2 heterocycles. The summed E-state index contributed by atoms with van der Waals surface area (Å²) in [5, 5.41) is 0. The zero-order chi connectivity index (χ0) is 10.9. The lowest BCUT2D eigenvalue weighted by molar-refractivity contribution is 0.00902. The molecule has 1 fully saturated rings. The van der Waals surface area contributed by atoms with Crippen molar-refractivity contribution in [1.82, 2.24) is 9.97 Å². The molecule has 0 radical (unpaired) electrons. The van der Waals surface area contributed by atoms with Crippen LogP contribution < -0.4 is 5.73 Å². The fourth-order valence-electron chi connectivity index (χ4n) is 1.93. The number of hydrogen-bond donors (Lipinski definition) is 1. The number of ether oxygens (including phenoxy) is 1. The van der Waals surface area contributed by atoms with Crippen LogP contribution in [0, 0.1) is 6.92 Å². The Labute approximate surface area is 89.9 Å². The van der Waals surface area contributed by atoms with Crippen LogP contribution in [0.3, 0.4) is 0 Å². The van der Waals surface area contributed by atoms with E-state index < -0.39 is 0 Å². The van der Waals surface area contributed by atoms with E-state index in [1.54, 1.807) is 0 Å². The van der Waals surface area contributed by atoms with Gasteiger partial charge in [-0.25, -0.2) is 9.97 Å². The van der Waals surface area contributed by atoms with Crippen LogP contribution in [0.15, 0.2) is 6.07 Å². The molecule has 2 rings (SSSR count). The van der Waals surface area contributed by atoms with Gasteiger partial charge in [-0.15, -0.1) is 0 Å². The average Bonchev–Trinajstić information content (AvgIpc) is 2.65. The van der Waals surface area contributed by atoms with Crippen LogP contribution in [0.5, 0.6) is 0 Å². The summed E-state index contributed by atoms with van der Waals surface area (Å²) < 4.78 is 5.72. The van der Waals surface area contributed by atoms with E-state index in [1.807, 2.05) is 13.0 Å². The van der Waals surface area contributed by atoms with E-state index in [0.29, 0.717) is 6.54 Å². The lowest BCUT2D eigenvalue weighted by Crippen LogP contribution is -2.24. The lowest BCUT2D eigenvalue weighted by Gasteiger charge is -2.22. The number of nitrogens with zero attached hydrogens (tertiary/aromatic N) is 2. The van der Waals surface area contributed by atoms with Crippen molar-refractivity contribution < 1.29 is 4.74 Å². The molecule has 15 heavy (non-hydrogen) atoms. The number of nitrogens with two attached hydrogens (primary N) is 1. The second kappa shape index (κ2) is 3.87. The van der Waals surface area contributed by atoms with Crippen LogP contribution in [-0.2, 0) is 16.9 Å². The van der Waals surface area contributed by atoms with Crippen LogP contribution in [0.25, 0.3) is 0 Å². The predicted octanol–water partition coefficient (Wildman–Crippen LogP) is 1.27. The second-order valence-electron chi connectivity index (χ2n) is 4.21. The molecule has 0 bridgehead atoms. The molecule has 1 unspecified atom stereocenters. The number of aromatic nitrogens is 2. The predicted molar refractivity (Wildman–Crippen MR) is 57.2 cm³/mol. The number of hydrogen-bond acceptors (Lipinski definition) is 4. The summed E-state index contributed by atoms with van der Waals surface area (Å²) in [5.74, 6) is 0.778. The van der Waals surface area contributed by atoms with Gasteiger partial charge in [0, 0.05) is 18.8 Å². The van der Waals surface area contributed by atoms with Crippen LogP contribution in [0.2, 0.25) is 0 Å². The highest BCUT2D eigenvalue weighted by Crippen LogP contribution is 2.33. The van der Waals surface area contributed by atoms with Gasteiger partial charge in [-0.3, -0.25) is 0 Å². The molecule has 4 nitrogen and oxygen atoms in total. The maximum atomic E-state index is 5.72. The van der Waals surface area contributed by atoms with Gasteiger partial charge in [-0.1, -0.05) is 0 Å². The topological polar surface area (TPSA) is 61.0 Å². The van der Waals surface area contributed by atoms with Crippen molar-refractivity contribution in [1.29, 1.82) is 0 Å². The van der Waals surface area contributed by atoms with E-state index in [9.17, 15) is 0 Å². The minimum absolute atomic E-state index is 0.310. The fourth-order valence-corrected chi connectivity index (χ4v) is 1.93. The first-order valence-electron chi connectivity index (χ1n) is 5.33. The van der Waals surface area contributed by atoms with Gasteiger partial charge in [0.25, 0.3) is 0 Å². The minimum atomic E-state index is -0.310. The van der Waals surface area contributed by atoms with Gasteiger partial charge < -0.3 is 10.5 Å². The van der Waals surface area contributed by atoms with E-state index in [2.05, 4.69) is 16.9 Å². The van der Waals surface area contributed by atoms with Crippen molar-refractivity contribution in [3.63, 3.8) is 0 Å². The standard InChI is InChI=1S/C11H17N3O/c1-8-6-9(7-12)14-10(13-8)11(2)4-3-5-15-11/h6H,3-5,7,12H2,1-2H3. The number of aryl methyl sites for hydroxylation is 1. The smallest absolute Gasteiger partial charge is 0.160 e. The van der Waals surface area contributed by atoms with Gasteiger partial charge in [-0.05, 0) is 32.8 Å². The van der Waals surface area contributed by atoms with Gasteiger partial charge in [-0.2, -0.15) is 0 Å². The Morgan fingerprint density at radius 2 is 2.33 bits per heavy atom. The molecule has 1 aliphatic rings. The molecule has 0 spiro atoms. The summed E-state index contributed by atoms with van der Waals surface area (Å²) in [5.41, 5.74) is 7.13. The molecule has 82 valence electrons. The Morgan fingerprint density at radius 3 is 2.93 bits per heavy atom. The Kier molecular flexibility index (Phi) is 2.71. The summed E-state index contributed by atoms with van der Waals surface area (Å²) >= 11 is 0. The molecule has 1 aromatic rings. The Morgan fingerprint density at radius 1 is 1.53 bits per heavy atom. The van der Waals surface area contributed by atoms with E-state index in [0.717, 1.165) is 36.7 Å². The average molecular weight is 207 g/mol. The third-order valence-corrected chi connectivity index (χ3v) is 2.81. The first-order valence-corrected chi connectivity index (χ1v) is 5.33. The van der Waals surface area contributed by atoms with E-state index in [-0.39, 0.29) is 5.60 Å². The SMILES string of the molecule is Cc1cc(CN)nc(C2(C)CCCO2)n1. The first kappa shape index (κ1) is 10.5. The maximum absolute atomic E-state index is 5.72. The van der Waals surface area contributed by atoms with Crippen molar-refractivity contribution >= 4 is 0 Å². The molecule has 0 aromatic carbocycles. The molecule has 0 aliphatic carbocycles. The van der Waals surface area contributed by atoms with Crippen LogP contribution in [0.4, 0.5) is 0 Å². The van der Waals surface area contributed by atoms with E-state index in [4.69, 9.17) is 10.5 Å². The molecular formula is C11H17N3O. The Hall–Kier alpha value is -1.00. The molecule has 0 saturated carbocycles. The minimum Gasteiger partial charge on any atom is -0.367 e. The molecule has 1 aromatic heterocycles. The third kappa shape index (κ3) is 2.01. The maximum Gasteiger partial charge on any atom is 0.160 e. The van der Waals surface area contributed by atoms with Crippen molar-refractivity contribution in [2.24, 2.45) is 5.73 Å². The summed E-state index contributed by atoms with van der Waals surface area (Å²) in [6.07, 6.45) is 2.06. The van der Waals surface area contributed by atoms with Gasteiger partial charge >= 0.3 is 0 Å². The largest absolute Gasteiger partial charge is 0.367 e. The fraction of sp³-hybridized carbons (Fsp3) is 0.636. The van der Waals surface area contributed by atoms with Crippen LogP contribution in [0.1, 0.15) is 37.0 Å².